The Labute approximate surface area is 312 Å². The Hall–Kier alpha value is -2.44. The van der Waals surface area contributed by atoms with Gasteiger partial charge in [0.2, 0.25) is 11.8 Å². The standard InChI is InChI=1S/C26H44N7O17P3S/c1-25(2,3)24(38)54-9-8-28-15(34)6-7-29-22(37)19(36)26(4,5)11-47-53(44,45)50-52(42,43)46-10-14-18(49-51(39,40)41)17(35)23(48-14)33-13-32-16-20(27)30-12-31-21(16)33/h12-14,17-19,23,35-36H,6-11H2,1-5H3,(H,28,34)(H,29,37)(H,42,43)(H,44,45)(H2,27,30,31)(H2,39,40,41)/t14-,17-,18-,19+,23-/m1/s1. The first-order valence-corrected chi connectivity index (χ1v) is 21.3. The average Bonchev–Trinajstić information content (AvgIpc) is 3.60. The number of hydrogen-bond acceptors (Lipinski definition) is 18. The fourth-order valence-corrected chi connectivity index (χ4v) is 8.14. The number of ether oxygens (including phenoxy) is 1. The van der Waals surface area contributed by atoms with Gasteiger partial charge in [-0.05, 0) is 0 Å². The first kappa shape index (κ1) is 45.9. The molecule has 2 amide bonds. The van der Waals surface area contributed by atoms with Crippen molar-refractivity contribution in [3.05, 3.63) is 12.7 Å². The van der Waals surface area contributed by atoms with Crippen molar-refractivity contribution in [2.75, 3.05) is 37.8 Å². The molecule has 0 bridgehead atoms. The minimum absolute atomic E-state index is 0.0307. The highest BCUT2D eigenvalue weighted by Crippen LogP contribution is 2.61. The molecule has 24 nitrogen and oxygen atoms in total. The monoisotopic (exact) mass is 851 g/mol. The van der Waals surface area contributed by atoms with E-state index in [0.29, 0.717) is 5.75 Å². The van der Waals surface area contributed by atoms with Crippen molar-refractivity contribution in [3.63, 3.8) is 0 Å². The summed E-state index contributed by atoms with van der Waals surface area (Å²) in [5.74, 6) is -1.10. The van der Waals surface area contributed by atoms with Crippen LogP contribution in [-0.4, -0.2) is 123 Å². The van der Waals surface area contributed by atoms with E-state index in [1.54, 1.807) is 20.8 Å². The van der Waals surface area contributed by atoms with Crippen molar-refractivity contribution in [2.24, 2.45) is 10.8 Å². The van der Waals surface area contributed by atoms with E-state index >= 15 is 0 Å². The molecule has 28 heteroatoms. The SMILES string of the molecule is CC(C)(C)C(=O)SCCNC(=O)CCNC(=O)[C@H](O)C(C)(C)COP(=O)(O)OP(=O)(O)OC[C@H]1O[C@@H](n2cnc3c(N)ncnc32)[C@H](O)[C@@H]1OP(=O)(O)O. The molecule has 3 rings (SSSR count). The van der Waals surface area contributed by atoms with Crippen molar-refractivity contribution < 1.29 is 80.5 Å². The number of hydrogen-bond donors (Lipinski definition) is 9. The van der Waals surface area contributed by atoms with E-state index in [1.807, 2.05) is 0 Å². The fraction of sp³-hybridized carbons (Fsp3) is 0.692. The van der Waals surface area contributed by atoms with E-state index in [0.717, 1.165) is 29.0 Å². The molecule has 1 fully saturated rings. The highest BCUT2D eigenvalue weighted by Gasteiger charge is 2.50. The average molecular weight is 852 g/mol. The number of fused-ring (bicyclic) bond motifs is 1. The van der Waals surface area contributed by atoms with Crippen molar-refractivity contribution in [1.82, 2.24) is 30.2 Å². The zero-order chi connectivity index (χ0) is 40.9. The molecule has 0 radical (unpaired) electrons. The van der Waals surface area contributed by atoms with Gasteiger partial charge in [-0.3, -0.25) is 32.5 Å². The number of nitrogens with two attached hydrogens (primary N) is 1. The smallest absolute Gasteiger partial charge is 0.386 e. The summed E-state index contributed by atoms with van der Waals surface area (Å²) in [6.07, 6.45) is -6.90. The van der Waals surface area contributed by atoms with Gasteiger partial charge in [-0.2, -0.15) is 4.31 Å². The molecule has 0 saturated carbocycles. The number of phosphoric ester groups is 3. The molecule has 306 valence electrons. The molecule has 10 N–H and O–H groups in total. The molecule has 2 aromatic heterocycles. The lowest BCUT2D eigenvalue weighted by molar-refractivity contribution is -0.137. The van der Waals surface area contributed by atoms with Gasteiger partial charge in [0.1, 0.15) is 36.3 Å². The molecule has 7 atom stereocenters. The van der Waals surface area contributed by atoms with Gasteiger partial charge in [0.25, 0.3) is 0 Å². The van der Waals surface area contributed by atoms with Crippen LogP contribution in [0.2, 0.25) is 0 Å². The van der Waals surface area contributed by atoms with Crippen molar-refractivity contribution >= 4 is 69.1 Å². The van der Waals surface area contributed by atoms with Gasteiger partial charge < -0.3 is 50.9 Å². The number of anilines is 1. The molecular formula is C26H44N7O17P3S. The number of aliphatic hydroxyl groups is 2. The Kier molecular flexibility index (Phi) is 15.5. The van der Waals surface area contributed by atoms with Gasteiger partial charge >= 0.3 is 23.5 Å². The number of nitrogens with one attached hydrogen (secondary N) is 2. The van der Waals surface area contributed by atoms with E-state index in [2.05, 4.69) is 34.4 Å². The zero-order valence-corrected chi connectivity index (χ0v) is 33.1. The lowest BCUT2D eigenvalue weighted by atomic mass is 9.87. The number of amides is 2. The molecule has 2 unspecified atom stereocenters. The Morgan fingerprint density at radius 3 is 2.30 bits per heavy atom. The number of thioether (sulfide) groups is 1. The summed E-state index contributed by atoms with van der Waals surface area (Å²) < 4.78 is 62.0. The second-order valence-corrected chi connectivity index (χ2v) is 18.8. The van der Waals surface area contributed by atoms with E-state index in [1.165, 1.54) is 13.8 Å². The molecule has 54 heavy (non-hydrogen) atoms. The van der Waals surface area contributed by atoms with Crippen LogP contribution in [0.1, 0.15) is 47.3 Å². The molecule has 1 saturated heterocycles. The van der Waals surface area contributed by atoms with E-state index < -0.39 is 90.0 Å². The van der Waals surface area contributed by atoms with E-state index in [4.69, 9.17) is 19.5 Å². The second-order valence-electron chi connectivity index (χ2n) is 13.5. The number of imidazole rings is 1. The highest BCUT2D eigenvalue weighted by atomic mass is 32.2. The van der Waals surface area contributed by atoms with Crippen LogP contribution in [0.5, 0.6) is 0 Å². The quantitative estimate of drug-likeness (QED) is 0.0647. The zero-order valence-electron chi connectivity index (χ0n) is 29.6. The molecule has 0 aliphatic carbocycles. The number of carbonyl (C=O) groups is 3. The maximum atomic E-state index is 12.7. The van der Waals surface area contributed by atoms with Gasteiger partial charge in [-0.25, -0.2) is 28.6 Å². The normalized spacial score (nSPS) is 22.4. The Balaban J connectivity index is 1.51. The van der Waals surface area contributed by atoms with Crippen molar-refractivity contribution in [2.45, 2.75) is 71.7 Å². The second kappa shape index (κ2) is 18.2. The first-order valence-electron chi connectivity index (χ1n) is 15.8. The molecule has 1 aliphatic rings. The van der Waals surface area contributed by atoms with Crippen LogP contribution >= 0.6 is 35.2 Å². The first-order chi connectivity index (χ1) is 24.7. The number of aliphatic hydroxyl groups excluding tert-OH is 2. The highest BCUT2D eigenvalue weighted by molar-refractivity contribution is 8.13. The van der Waals surface area contributed by atoms with Gasteiger partial charge in [0, 0.05) is 36.1 Å². The molecule has 3 heterocycles. The Morgan fingerprint density at radius 2 is 1.67 bits per heavy atom. The predicted octanol–water partition coefficient (Wildman–Crippen LogP) is -0.289. The maximum Gasteiger partial charge on any atom is 0.481 e. The number of aromatic nitrogens is 4. The van der Waals surface area contributed by atoms with Crippen LogP contribution in [-0.2, 0) is 50.7 Å². The van der Waals surface area contributed by atoms with Crippen molar-refractivity contribution in [3.8, 4) is 0 Å². The number of nitrogens with zero attached hydrogens (tertiary/aromatic N) is 4. The van der Waals surface area contributed by atoms with Crippen LogP contribution in [0.15, 0.2) is 12.7 Å². The summed E-state index contributed by atoms with van der Waals surface area (Å²) in [6, 6.07) is 0. The molecule has 0 spiro atoms. The topological polar surface area (TPSA) is 364 Å². The van der Waals surface area contributed by atoms with Crippen LogP contribution in [0.25, 0.3) is 11.2 Å². The number of rotatable bonds is 19. The summed E-state index contributed by atoms with van der Waals surface area (Å²) in [6.45, 7) is 5.83. The molecule has 2 aromatic rings. The van der Waals surface area contributed by atoms with E-state index in [-0.39, 0.29) is 41.6 Å². The third-order valence-electron chi connectivity index (χ3n) is 7.35. The van der Waals surface area contributed by atoms with Gasteiger partial charge in [0.05, 0.1) is 19.5 Å². The minimum Gasteiger partial charge on any atom is -0.386 e. The van der Waals surface area contributed by atoms with Crippen LogP contribution in [0, 0.1) is 10.8 Å². The van der Waals surface area contributed by atoms with Crippen LogP contribution in [0.4, 0.5) is 5.82 Å². The summed E-state index contributed by atoms with van der Waals surface area (Å²) in [5.41, 5.74) is 3.74. The van der Waals surface area contributed by atoms with Crippen LogP contribution in [0.3, 0.4) is 0 Å². The maximum absolute atomic E-state index is 12.7. The number of nitrogen functional groups attached to an aromatic ring is 1. The minimum atomic E-state index is -5.56. The lowest BCUT2D eigenvalue weighted by Gasteiger charge is -2.30. The Bertz CT molecular complexity index is 1800. The van der Waals surface area contributed by atoms with Crippen molar-refractivity contribution in [1.29, 1.82) is 0 Å². The molecular weight excluding hydrogens is 807 g/mol. The summed E-state index contributed by atoms with van der Waals surface area (Å²) in [7, 11) is -16.4. The van der Waals surface area contributed by atoms with Gasteiger partial charge in [0.15, 0.2) is 22.8 Å². The van der Waals surface area contributed by atoms with Gasteiger partial charge in [-0.15, -0.1) is 0 Å². The summed E-state index contributed by atoms with van der Waals surface area (Å²) in [5, 5.41) is 26.3. The van der Waals surface area contributed by atoms with E-state index in [9.17, 15) is 57.9 Å². The summed E-state index contributed by atoms with van der Waals surface area (Å²) in [4.78, 5) is 87.4. The predicted molar refractivity (Wildman–Crippen MR) is 187 cm³/mol. The Morgan fingerprint density at radius 1 is 1.02 bits per heavy atom. The lowest BCUT2D eigenvalue weighted by Crippen LogP contribution is -2.46. The molecule has 1 aliphatic heterocycles. The fourth-order valence-electron chi connectivity index (χ4n) is 4.49. The number of carbonyl (C=O) groups excluding carboxylic acids is 3. The van der Waals surface area contributed by atoms with Crippen LogP contribution < -0.4 is 16.4 Å². The van der Waals surface area contributed by atoms with Gasteiger partial charge in [-0.1, -0.05) is 46.4 Å². The third-order valence-corrected chi connectivity index (χ3v) is 11.7. The largest absolute Gasteiger partial charge is 0.481 e. The summed E-state index contributed by atoms with van der Waals surface area (Å²) >= 11 is 1.08. The molecule has 0 aromatic carbocycles. The number of phosphoric acid groups is 3. The third kappa shape index (κ3) is 13.4.